The largest absolute Gasteiger partial charge is 0.385 e. The molecule has 1 rings (SSSR count). The average molecular weight is 272 g/mol. The third kappa shape index (κ3) is 5.11. The fraction of sp³-hybridized carbons (Fsp3) is 0.929. The van der Waals surface area contributed by atoms with E-state index >= 15 is 0 Å². The van der Waals surface area contributed by atoms with Gasteiger partial charge in [0.1, 0.15) is 0 Å². The van der Waals surface area contributed by atoms with E-state index in [1.54, 1.807) is 7.11 Å². The zero-order valence-corrected chi connectivity index (χ0v) is 13.1. The number of thiocarbonyl (C=S) groups is 1. The minimum atomic E-state index is 0.519. The van der Waals surface area contributed by atoms with E-state index in [0.717, 1.165) is 24.7 Å². The molecule has 0 aliphatic heterocycles. The Labute approximate surface area is 117 Å². The molecule has 1 aliphatic rings. The van der Waals surface area contributed by atoms with Crippen LogP contribution in [-0.2, 0) is 4.74 Å². The highest BCUT2D eigenvalue weighted by atomic mass is 32.1. The van der Waals surface area contributed by atoms with Crippen LogP contribution in [0.2, 0.25) is 0 Å². The molecule has 0 unspecified atom stereocenters. The molecule has 1 N–H and O–H groups in total. The zero-order valence-electron chi connectivity index (χ0n) is 12.3. The maximum absolute atomic E-state index is 5.44. The van der Waals surface area contributed by atoms with Crippen LogP contribution in [0.25, 0.3) is 0 Å². The molecule has 0 aromatic heterocycles. The van der Waals surface area contributed by atoms with Crippen molar-refractivity contribution >= 4 is 17.3 Å². The van der Waals surface area contributed by atoms with Gasteiger partial charge in [0, 0.05) is 33.4 Å². The number of methoxy groups -OCH3 is 1. The Morgan fingerprint density at radius 3 is 2.56 bits per heavy atom. The van der Waals surface area contributed by atoms with Crippen molar-refractivity contribution in [1.82, 2.24) is 10.2 Å². The van der Waals surface area contributed by atoms with Crippen LogP contribution >= 0.6 is 12.2 Å². The van der Waals surface area contributed by atoms with Gasteiger partial charge < -0.3 is 15.0 Å². The van der Waals surface area contributed by atoms with Gasteiger partial charge in [-0.15, -0.1) is 0 Å². The summed E-state index contributed by atoms with van der Waals surface area (Å²) in [4.78, 5) is 2.25. The summed E-state index contributed by atoms with van der Waals surface area (Å²) in [5.41, 5.74) is 0.519. The predicted octanol–water partition coefficient (Wildman–Crippen LogP) is 2.80. The van der Waals surface area contributed by atoms with E-state index in [-0.39, 0.29) is 0 Å². The number of hydrogen-bond donors (Lipinski definition) is 1. The fourth-order valence-electron chi connectivity index (χ4n) is 2.47. The van der Waals surface area contributed by atoms with Crippen molar-refractivity contribution in [3.63, 3.8) is 0 Å². The number of nitrogens with zero attached hydrogens (tertiary/aromatic N) is 1. The van der Waals surface area contributed by atoms with Crippen molar-refractivity contribution in [2.45, 2.75) is 52.0 Å². The maximum atomic E-state index is 5.44. The van der Waals surface area contributed by atoms with E-state index in [4.69, 9.17) is 17.0 Å². The summed E-state index contributed by atoms with van der Waals surface area (Å²) in [5.74, 6) is 0. The Balaban J connectivity index is 2.27. The Kier molecular flexibility index (Phi) is 6.36. The van der Waals surface area contributed by atoms with E-state index in [2.05, 4.69) is 31.1 Å². The standard InChI is InChI=1S/C14H28N2OS/c1-14(2)8-6-12(7-9-14)16(3)13(18)15-10-5-11-17-4/h12H,5-11H2,1-4H3,(H,15,18). The zero-order chi connectivity index (χ0) is 13.6. The Morgan fingerprint density at radius 1 is 1.39 bits per heavy atom. The lowest BCUT2D eigenvalue weighted by molar-refractivity contribution is 0.168. The van der Waals surface area contributed by atoms with Gasteiger partial charge in [-0.1, -0.05) is 13.8 Å². The third-order valence-electron chi connectivity index (χ3n) is 3.98. The van der Waals surface area contributed by atoms with Gasteiger partial charge in [0.25, 0.3) is 0 Å². The molecule has 0 spiro atoms. The molecule has 1 aliphatic carbocycles. The first-order valence-electron chi connectivity index (χ1n) is 6.96. The lowest BCUT2D eigenvalue weighted by atomic mass is 9.75. The Morgan fingerprint density at radius 2 is 2.00 bits per heavy atom. The van der Waals surface area contributed by atoms with Gasteiger partial charge in [-0.05, 0) is 49.7 Å². The summed E-state index contributed by atoms with van der Waals surface area (Å²) < 4.78 is 5.03. The molecule has 1 saturated carbocycles. The molecule has 3 nitrogen and oxygen atoms in total. The summed E-state index contributed by atoms with van der Waals surface area (Å²) >= 11 is 5.44. The van der Waals surface area contributed by atoms with E-state index in [0.29, 0.717) is 11.5 Å². The lowest BCUT2D eigenvalue weighted by Crippen LogP contribution is -2.45. The molecule has 0 saturated heterocycles. The summed E-state index contributed by atoms with van der Waals surface area (Å²) in [6.07, 6.45) is 6.11. The van der Waals surface area contributed by atoms with E-state index in [1.165, 1.54) is 25.7 Å². The third-order valence-corrected chi connectivity index (χ3v) is 4.41. The fourth-order valence-corrected chi connectivity index (χ4v) is 2.72. The van der Waals surface area contributed by atoms with Gasteiger partial charge in [0.05, 0.1) is 0 Å². The smallest absolute Gasteiger partial charge is 0.168 e. The number of hydrogen-bond acceptors (Lipinski definition) is 2. The van der Waals surface area contributed by atoms with Crippen molar-refractivity contribution < 1.29 is 4.74 Å². The van der Waals surface area contributed by atoms with Gasteiger partial charge >= 0.3 is 0 Å². The van der Waals surface area contributed by atoms with Gasteiger partial charge in [0.15, 0.2) is 5.11 Å². The molecule has 0 radical (unpaired) electrons. The van der Waals surface area contributed by atoms with Gasteiger partial charge in [-0.25, -0.2) is 0 Å². The van der Waals surface area contributed by atoms with Crippen LogP contribution in [0.5, 0.6) is 0 Å². The van der Waals surface area contributed by atoms with Crippen LogP contribution < -0.4 is 5.32 Å². The van der Waals surface area contributed by atoms with Crippen LogP contribution in [0.15, 0.2) is 0 Å². The van der Waals surface area contributed by atoms with Crippen LogP contribution in [-0.4, -0.2) is 43.4 Å². The monoisotopic (exact) mass is 272 g/mol. The van der Waals surface area contributed by atoms with Gasteiger partial charge in [-0.3, -0.25) is 0 Å². The first-order valence-corrected chi connectivity index (χ1v) is 7.37. The van der Waals surface area contributed by atoms with Crippen molar-refractivity contribution in [3.8, 4) is 0 Å². The Bertz CT molecular complexity index is 259. The number of rotatable bonds is 5. The van der Waals surface area contributed by atoms with Crippen LogP contribution in [0.1, 0.15) is 46.0 Å². The SMILES string of the molecule is COCCCNC(=S)N(C)C1CCC(C)(C)CC1. The summed E-state index contributed by atoms with van der Waals surface area (Å²) in [7, 11) is 3.85. The van der Waals surface area contributed by atoms with Crippen molar-refractivity contribution in [3.05, 3.63) is 0 Å². The second-order valence-electron chi connectivity index (χ2n) is 6.08. The summed E-state index contributed by atoms with van der Waals surface area (Å²) in [5, 5.41) is 4.20. The van der Waals surface area contributed by atoms with E-state index < -0.39 is 0 Å². The number of ether oxygens (including phenoxy) is 1. The second kappa shape index (κ2) is 7.29. The van der Waals surface area contributed by atoms with Crippen molar-refractivity contribution in [2.75, 3.05) is 27.3 Å². The topological polar surface area (TPSA) is 24.5 Å². The molecule has 0 atom stereocenters. The van der Waals surface area contributed by atoms with Crippen molar-refractivity contribution in [1.29, 1.82) is 0 Å². The summed E-state index contributed by atoms with van der Waals surface area (Å²) in [6.45, 7) is 6.42. The maximum Gasteiger partial charge on any atom is 0.168 e. The van der Waals surface area contributed by atoms with Gasteiger partial charge in [-0.2, -0.15) is 0 Å². The van der Waals surface area contributed by atoms with E-state index in [9.17, 15) is 0 Å². The van der Waals surface area contributed by atoms with E-state index in [1.807, 2.05) is 0 Å². The van der Waals surface area contributed by atoms with Gasteiger partial charge in [0.2, 0.25) is 0 Å². The van der Waals surface area contributed by atoms with Crippen molar-refractivity contribution in [2.24, 2.45) is 5.41 Å². The van der Waals surface area contributed by atoms with Crippen LogP contribution in [0, 0.1) is 5.41 Å². The molecule has 0 amide bonds. The summed E-state index contributed by atoms with van der Waals surface area (Å²) in [6, 6.07) is 0.612. The molecule has 0 aromatic rings. The molecule has 18 heavy (non-hydrogen) atoms. The first-order chi connectivity index (χ1) is 8.46. The average Bonchev–Trinajstić information content (AvgIpc) is 2.33. The minimum Gasteiger partial charge on any atom is -0.385 e. The highest BCUT2D eigenvalue weighted by Crippen LogP contribution is 2.36. The number of nitrogens with one attached hydrogen (secondary N) is 1. The second-order valence-corrected chi connectivity index (χ2v) is 6.47. The molecular formula is C14H28N2OS. The normalized spacial score (nSPS) is 19.6. The molecule has 1 fully saturated rings. The molecule has 0 bridgehead atoms. The molecule has 106 valence electrons. The highest BCUT2D eigenvalue weighted by Gasteiger charge is 2.29. The van der Waals surface area contributed by atoms with Crippen LogP contribution in [0.4, 0.5) is 0 Å². The molecular weight excluding hydrogens is 244 g/mol. The highest BCUT2D eigenvalue weighted by molar-refractivity contribution is 7.80. The Hall–Kier alpha value is -0.350. The molecule has 4 heteroatoms. The molecule has 0 aromatic carbocycles. The van der Waals surface area contributed by atoms with Crippen LogP contribution in [0.3, 0.4) is 0 Å². The minimum absolute atomic E-state index is 0.519. The first kappa shape index (κ1) is 15.7. The predicted molar refractivity (Wildman–Crippen MR) is 80.9 cm³/mol. The lowest BCUT2D eigenvalue weighted by Gasteiger charge is -2.39. The molecule has 0 heterocycles. The quantitative estimate of drug-likeness (QED) is 0.614.